The molecular weight excluding hydrogens is 214 g/mol. The van der Waals surface area contributed by atoms with Crippen molar-refractivity contribution >= 4 is 16.8 Å². The lowest BCUT2D eigenvalue weighted by molar-refractivity contribution is 0.0794. The van der Waals surface area contributed by atoms with Crippen LogP contribution in [-0.2, 0) is 0 Å². The second-order valence-corrected chi connectivity index (χ2v) is 4.65. The van der Waals surface area contributed by atoms with E-state index in [4.69, 9.17) is 0 Å². The van der Waals surface area contributed by atoms with Gasteiger partial charge in [-0.3, -0.25) is 9.89 Å². The number of aromatic nitrogens is 2. The van der Waals surface area contributed by atoms with Gasteiger partial charge in [0, 0.05) is 18.5 Å². The lowest BCUT2D eigenvalue weighted by Gasteiger charge is -2.15. The largest absolute Gasteiger partial charge is 0.339 e. The number of carbonyl (C=O) groups is 1. The Bertz CT molecular complexity index is 567. The van der Waals surface area contributed by atoms with Crippen LogP contribution in [0.5, 0.6) is 0 Å². The van der Waals surface area contributed by atoms with Crippen LogP contribution in [0, 0.1) is 6.92 Å². The Morgan fingerprint density at radius 2 is 2.12 bits per heavy atom. The molecule has 3 rings (SSSR count). The first kappa shape index (κ1) is 10.3. The first-order valence-electron chi connectivity index (χ1n) is 5.99. The topological polar surface area (TPSA) is 49.0 Å². The van der Waals surface area contributed by atoms with E-state index in [2.05, 4.69) is 10.2 Å². The number of hydrogen-bond donors (Lipinski definition) is 1. The van der Waals surface area contributed by atoms with Crippen molar-refractivity contribution in [3.63, 3.8) is 0 Å². The minimum Gasteiger partial charge on any atom is -0.339 e. The molecule has 2 aromatic rings. The summed E-state index contributed by atoms with van der Waals surface area (Å²) in [5, 5.41) is 7.95. The molecular formula is C13H15N3O. The minimum atomic E-state index is 0.125. The van der Waals surface area contributed by atoms with Crippen molar-refractivity contribution in [1.82, 2.24) is 15.1 Å². The standard InChI is InChI=1S/C13H15N3O/c1-9-6-10-8-14-15-12(10)11(7-9)13(17)16-4-2-3-5-16/h6-8H,2-5H2,1H3,(H,14,15). The Morgan fingerprint density at radius 3 is 2.88 bits per heavy atom. The first-order valence-corrected chi connectivity index (χ1v) is 5.99. The molecule has 2 heterocycles. The van der Waals surface area contributed by atoms with E-state index >= 15 is 0 Å². The molecule has 1 aromatic heterocycles. The summed E-state index contributed by atoms with van der Waals surface area (Å²) in [5.41, 5.74) is 2.70. The Labute approximate surface area is 99.6 Å². The number of H-pyrrole nitrogens is 1. The maximum atomic E-state index is 12.4. The van der Waals surface area contributed by atoms with Crippen LogP contribution in [0.3, 0.4) is 0 Å². The Kier molecular flexibility index (Phi) is 2.35. The monoisotopic (exact) mass is 229 g/mol. The van der Waals surface area contributed by atoms with Crippen molar-refractivity contribution in [2.24, 2.45) is 0 Å². The van der Waals surface area contributed by atoms with E-state index < -0.39 is 0 Å². The maximum absolute atomic E-state index is 12.4. The molecule has 1 aliphatic heterocycles. The van der Waals surface area contributed by atoms with Crippen LogP contribution >= 0.6 is 0 Å². The molecule has 1 N–H and O–H groups in total. The molecule has 1 saturated heterocycles. The fourth-order valence-electron chi connectivity index (χ4n) is 2.47. The molecule has 1 fully saturated rings. The molecule has 0 aliphatic carbocycles. The highest BCUT2D eigenvalue weighted by Gasteiger charge is 2.21. The van der Waals surface area contributed by atoms with Gasteiger partial charge in [0.1, 0.15) is 0 Å². The van der Waals surface area contributed by atoms with Gasteiger partial charge < -0.3 is 4.90 Å². The number of nitrogens with zero attached hydrogens (tertiary/aromatic N) is 2. The van der Waals surface area contributed by atoms with Gasteiger partial charge in [-0.25, -0.2) is 0 Å². The highest BCUT2D eigenvalue weighted by molar-refractivity contribution is 6.05. The molecule has 0 unspecified atom stereocenters. The van der Waals surface area contributed by atoms with Gasteiger partial charge in [0.05, 0.1) is 17.3 Å². The zero-order valence-corrected chi connectivity index (χ0v) is 9.86. The van der Waals surface area contributed by atoms with E-state index in [1.165, 1.54) is 0 Å². The number of fused-ring (bicyclic) bond motifs is 1. The van der Waals surface area contributed by atoms with E-state index in [0.29, 0.717) is 0 Å². The van der Waals surface area contributed by atoms with Crippen LogP contribution in [0.25, 0.3) is 10.9 Å². The molecule has 1 amide bonds. The number of benzene rings is 1. The fraction of sp³-hybridized carbons (Fsp3) is 0.385. The number of nitrogens with one attached hydrogen (secondary N) is 1. The number of carbonyl (C=O) groups excluding carboxylic acids is 1. The smallest absolute Gasteiger partial charge is 0.256 e. The average Bonchev–Trinajstić information content (AvgIpc) is 2.97. The van der Waals surface area contributed by atoms with Gasteiger partial charge in [-0.1, -0.05) is 0 Å². The predicted molar refractivity (Wildman–Crippen MR) is 66.0 cm³/mol. The molecule has 1 aliphatic rings. The fourth-order valence-corrected chi connectivity index (χ4v) is 2.47. The molecule has 0 bridgehead atoms. The van der Waals surface area contributed by atoms with E-state index in [9.17, 15) is 4.79 Å². The van der Waals surface area contributed by atoms with Crippen LogP contribution in [0.1, 0.15) is 28.8 Å². The van der Waals surface area contributed by atoms with Gasteiger partial charge in [0.25, 0.3) is 5.91 Å². The molecule has 17 heavy (non-hydrogen) atoms. The zero-order chi connectivity index (χ0) is 11.8. The second-order valence-electron chi connectivity index (χ2n) is 4.65. The minimum absolute atomic E-state index is 0.125. The number of hydrogen-bond acceptors (Lipinski definition) is 2. The zero-order valence-electron chi connectivity index (χ0n) is 9.86. The Morgan fingerprint density at radius 1 is 1.35 bits per heavy atom. The average molecular weight is 229 g/mol. The van der Waals surface area contributed by atoms with Crippen molar-refractivity contribution in [3.05, 3.63) is 29.5 Å². The van der Waals surface area contributed by atoms with Gasteiger partial charge in [0.2, 0.25) is 0 Å². The summed E-state index contributed by atoms with van der Waals surface area (Å²) in [5.74, 6) is 0.125. The summed E-state index contributed by atoms with van der Waals surface area (Å²) >= 11 is 0. The molecule has 88 valence electrons. The number of amides is 1. The SMILES string of the molecule is Cc1cc(C(=O)N2CCCC2)c2[nH]ncc2c1. The van der Waals surface area contributed by atoms with E-state index in [1.807, 2.05) is 24.0 Å². The Balaban J connectivity index is 2.09. The molecule has 4 heteroatoms. The van der Waals surface area contributed by atoms with Crippen LogP contribution in [-0.4, -0.2) is 34.1 Å². The van der Waals surface area contributed by atoms with E-state index in [1.54, 1.807) is 6.20 Å². The van der Waals surface area contributed by atoms with Crippen LogP contribution in [0.2, 0.25) is 0 Å². The van der Waals surface area contributed by atoms with E-state index in [-0.39, 0.29) is 5.91 Å². The summed E-state index contributed by atoms with van der Waals surface area (Å²) in [4.78, 5) is 14.3. The third-order valence-corrected chi connectivity index (χ3v) is 3.32. The third-order valence-electron chi connectivity index (χ3n) is 3.32. The normalized spacial score (nSPS) is 15.7. The van der Waals surface area contributed by atoms with Gasteiger partial charge in [-0.15, -0.1) is 0 Å². The molecule has 0 saturated carbocycles. The molecule has 0 spiro atoms. The quantitative estimate of drug-likeness (QED) is 0.814. The highest BCUT2D eigenvalue weighted by atomic mass is 16.2. The van der Waals surface area contributed by atoms with E-state index in [0.717, 1.165) is 48.0 Å². The Hall–Kier alpha value is -1.84. The third kappa shape index (κ3) is 1.69. The maximum Gasteiger partial charge on any atom is 0.256 e. The van der Waals surface area contributed by atoms with Crippen LogP contribution < -0.4 is 0 Å². The summed E-state index contributed by atoms with van der Waals surface area (Å²) in [6.45, 7) is 3.76. The van der Waals surface area contributed by atoms with Crippen molar-refractivity contribution < 1.29 is 4.79 Å². The number of aryl methyl sites for hydroxylation is 1. The van der Waals surface area contributed by atoms with Crippen LogP contribution in [0.4, 0.5) is 0 Å². The van der Waals surface area contributed by atoms with Gasteiger partial charge in [-0.2, -0.15) is 5.10 Å². The van der Waals surface area contributed by atoms with Gasteiger partial charge in [-0.05, 0) is 37.5 Å². The lowest BCUT2D eigenvalue weighted by Crippen LogP contribution is -2.27. The summed E-state index contributed by atoms with van der Waals surface area (Å²) in [7, 11) is 0. The molecule has 4 nitrogen and oxygen atoms in total. The number of rotatable bonds is 1. The molecule has 1 aromatic carbocycles. The molecule has 0 atom stereocenters. The predicted octanol–water partition coefficient (Wildman–Crippen LogP) is 2.11. The highest BCUT2D eigenvalue weighted by Crippen LogP contribution is 2.21. The van der Waals surface area contributed by atoms with Crippen molar-refractivity contribution in [1.29, 1.82) is 0 Å². The molecule has 0 radical (unpaired) electrons. The lowest BCUT2D eigenvalue weighted by atomic mass is 10.1. The number of aromatic amines is 1. The number of likely N-dealkylation sites (tertiary alicyclic amines) is 1. The van der Waals surface area contributed by atoms with Crippen molar-refractivity contribution in [2.45, 2.75) is 19.8 Å². The summed E-state index contributed by atoms with van der Waals surface area (Å²) < 4.78 is 0. The van der Waals surface area contributed by atoms with Gasteiger partial charge in [0.15, 0.2) is 0 Å². The van der Waals surface area contributed by atoms with Crippen molar-refractivity contribution in [3.8, 4) is 0 Å². The summed E-state index contributed by atoms with van der Waals surface area (Å²) in [6.07, 6.45) is 4.00. The first-order chi connectivity index (χ1) is 8.25. The summed E-state index contributed by atoms with van der Waals surface area (Å²) in [6, 6.07) is 3.99. The van der Waals surface area contributed by atoms with Gasteiger partial charge >= 0.3 is 0 Å². The second kappa shape index (κ2) is 3.87. The van der Waals surface area contributed by atoms with Crippen molar-refractivity contribution in [2.75, 3.05) is 13.1 Å². The van der Waals surface area contributed by atoms with Crippen LogP contribution in [0.15, 0.2) is 18.3 Å².